The average Bonchev–Trinajstić information content (AvgIpc) is 2.46. The molecule has 1 heterocycles. The Morgan fingerprint density at radius 1 is 1.48 bits per heavy atom. The van der Waals surface area contributed by atoms with Crippen molar-refractivity contribution in [3.05, 3.63) is 0 Å². The zero-order valence-corrected chi connectivity index (χ0v) is 14.2. The second-order valence-corrected chi connectivity index (χ2v) is 7.29. The Balaban J connectivity index is 2.96. The van der Waals surface area contributed by atoms with Gasteiger partial charge in [-0.15, -0.1) is 0 Å². The smallest absolute Gasteiger partial charge is 0.336 e. The van der Waals surface area contributed by atoms with E-state index < -0.39 is 27.9 Å². The van der Waals surface area contributed by atoms with Gasteiger partial charge in [0, 0.05) is 13.3 Å². The van der Waals surface area contributed by atoms with Gasteiger partial charge in [0.2, 0.25) is 0 Å². The van der Waals surface area contributed by atoms with Crippen molar-refractivity contribution >= 4 is 16.3 Å². The number of esters is 1. The van der Waals surface area contributed by atoms with Crippen LogP contribution in [0.5, 0.6) is 0 Å². The van der Waals surface area contributed by atoms with Crippen LogP contribution < -0.4 is 4.72 Å². The first kappa shape index (κ1) is 18.4. The van der Waals surface area contributed by atoms with Crippen LogP contribution in [0.3, 0.4) is 0 Å². The molecule has 0 spiro atoms. The Hall–Kier alpha value is -0.660. The highest BCUT2D eigenvalue weighted by atomic mass is 32.2. The molecule has 0 aromatic heterocycles. The van der Waals surface area contributed by atoms with Gasteiger partial charge >= 0.3 is 16.3 Å². The van der Waals surface area contributed by atoms with Gasteiger partial charge in [-0.3, -0.25) is 8.98 Å². The summed E-state index contributed by atoms with van der Waals surface area (Å²) in [7, 11) is -3.81. The van der Waals surface area contributed by atoms with Crippen molar-refractivity contribution in [2.75, 3.05) is 6.61 Å². The van der Waals surface area contributed by atoms with E-state index in [1.54, 1.807) is 6.92 Å². The van der Waals surface area contributed by atoms with Crippen molar-refractivity contribution in [2.24, 2.45) is 5.92 Å². The first-order valence-electron chi connectivity index (χ1n) is 7.57. The van der Waals surface area contributed by atoms with E-state index in [1.807, 2.05) is 6.92 Å². The van der Waals surface area contributed by atoms with E-state index in [-0.39, 0.29) is 12.5 Å². The number of rotatable bonds is 6. The average molecular weight is 321 g/mol. The van der Waals surface area contributed by atoms with Crippen LogP contribution >= 0.6 is 0 Å². The molecule has 1 aliphatic rings. The molecule has 0 aliphatic carbocycles. The minimum Gasteiger partial charge on any atom is -0.460 e. The number of ether oxygens (including phenoxy) is 1. The van der Waals surface area contributed by atoms with E-state index in [4.69, 9.17) is 8.92 Å². The monoisotopic (exact) mass is 321 g/mol. The molecule has 0 bridgehead atoms. The summed E-state index contributed by atoms with van der Waals surface area (Å²) in [6.07, 6.45) is 3.92. The molecular formula is C14H27NO5S. The molecule has 1 rings (SSSR count). The number of hydrogen-bond acceptors (Lipinski definition) is 5. The van der Waals surface area contributed by atoms with Crippen molar-refractivity contribution in [3.8, 4) is 0 Å². The molecule has 0 amide bonds. The standard InChI is InChI=1S/C14H27NO5S/c1-5-6-7-8-11(2)14(4)13(20-12(3)16)9-10-19-21(17,18)15-14/h11,13,15H,5-10H2,1-4H3/t11-,13+,14+/m0/s1. The predicted octanol–water partition coefficient (Wildman–Crippen LogP) is 2.15. The highest BCUT2D eigenvalue weighted by Gasteiger charge is 2.46. The van der Waals surface area contributed by atoms with Crippen LogP contribution in [0.1, 0.15) is 59.8 Å². The second-order valence-electron chi connectivity index (χ2n) is 5.94. The van der Waals surface area contributed by atoms with Crippen molar-refractivity contribution < 1.29 is 22.1 Å². The lowest BCUT2D eigenvalue weighted by molar-refractivity contribution is -0.152. The quantitative estimate of drug-likeness (QED) is 0.599. The Bertz CT molecular complexity index is 450. The summed E-state index contributed by atoms with van der Waals surface area (Å²) in [6.45, 7) is 7.26. The summed E-state index contributed by atoms with van der Waals surface area (Å²) in [5.41, 5.74) is -0.852. The fourth-order valence-electron chi connectivity index (χ4n) is 2.73. The maximum atomic E-state index is 11.9. The van der Waals surface area contributed by atoms with Crippen molar-refractivity contribution in [1.82, 2.24) is 4.72 Å². The highest BCUT2D eigenvalue weighted by Crippen LogP contribution is 2.32. The zero-order chi connectivity index (χ0) is 16.1. The number of unbranched alkanes of at least 4 members (excludes halogenated alkanes) is 2. The van der Waals surface area contributed by atoms with Gasteiger partial charge in [-0.1, -0.05) is 33.1 Å². The summed E-state index contributed by atoms with van der Waals surface area (Å²) in [5, 5.41) is 0. The molecule has 1 N–H and O–H groups in total. The molecule has 1 fully saturated rings. The largest absolute Gasteiger partial charge is 0.460 e. The van der Waals surface area contributed by atoms with E-state index >= 15 is 0 Å². The van der Waals surface area contributed by atoms with E-state index in [0.29, 0.717) is 6.42 Å². The SMILES string of the molecule is CCCCC[C@H](C)[C@@]1(C)NS(=O)(=O)OCC[C@H]1OC(C)=O. The molecule has 0 aromatic rings. The Morgan fingerprint density at radius 3 is 2.71 bits per heavy atom. The lowest BCUT2D eigenvalue weighted by atomic mass is 9.78. The molecule has 6 nitrogen and oxygen atoms in total. The fourth-order valence-corrected chi connectivity index (χ4v) is 3.98. The minimum absolute atomic E-state index is 0.0184. The van der Waals surface area contributed by atoms with Crippen LogP contribution in [-0.2, 0) is 24.0 Å². The maximum Gasteiger partial charge on any atom is 0.336 e. The lowest BCUT2D eigenvalue weighted by Gasteiger charge is -2.40. The van der Waals surface area contributed by atoms with Crippen LogP contribution in [0.4, 0.5) is 0 Å². The van der Waals surface area contributed by atoms with Crippen LogP contribution in [0.2, 0.25) is 0 Å². The molecule has 0 unspecified atom stereocenters. The van der Waals surface area contributed by atoms with Gasteiger partial charge < -0.3 is 4.74 Å². The Kier molecular flexibility index (Phi) is 6.62. The van der Waals surface area contributed by atoms with Crippen LogP contribution in [0.15, 0.2) is 0 Å². The number of carbonyl (C=O) groups is 1. The molecule has 0 saturated carbocycles. The van der Waals surface area contributed by atoms with Gasteiger partial charge in [0.05, 0.1) is 12.1 Å². The normalized spacial score (nSPS) is 30.4. The van der Waals surface area contributed by atoms with Crippen LogP contribution in [0.25, 0.3) is 0 Å². The zero-order valence-electron chi connectivity index (χ0n) is 13.3. The lowest BCUT2D eigenvalue weighted by Crippen LogP contribution is -2.58. The Morgan fingerprint density at radius 2 is 2.14 bits per heavy atom. The summed E-state index contributed by atoms with van der Waals surface area (Å²) >= 11 is 0. The highest BCUT2D eigenvalue weighted by molar-refractivity contribution is 7.84. The summed E-state index contributed by atoms with van der Waals surface area (Å²) in [6, 6.07) is 0. The molecule has 0 radical (unpaired) electrons. The van der Waals surface area contributed by atoms with E-state index in [0.717, 1.165) is 25.7 Å². The topological polar surface area (TPSA) is 81.7 Å². The van der Waals surface area contributed by atoms with E-state index in [9.17, 15) is 13.2 Å². The molecule has 1 aliphatic heterocycles. The number of hydrogen-bond donors (Lipinski definition) is 1. The van der Waals surface area contributed by atoms with Crippen LogP contribution in [-0.4, -0.2) is 32.6 Å². The van der Waals surface area contributed by atoms with Gasteiger partial charge in [-0.2, -0.15) is 13.1 Å². The first-order chi connectivity index (χ1) is 9.71. The minimum atomic E-state index is -3.81. The molecule has 1 saturated heterocycles. The molecule has 7 heteroatoms. The second kappa shape index (κ2) is 7.56. The van der Waals surface area contributed by atoms with Crippen molar-refractivity contribution in [3.63, 3.8) is 0 Å². The van der Waals surface area contributed by atoms with E-state index in [2.05, 4.69) is 11.6 Å². The van der Waals surface area contributed by atoms with Gasteiger partial charge in [-0.25, -0.2) is 0 Å². The molecule has 124 valence electrons. The third kappa shape index (κ3) is 5.23. The van der Waals surface area contributed by atoms with Gasteiger partial charge in [0.15, 0.2) is 0 Å². The third-order valence-corrected chi connectivity index (χ3v) is 5.37. The van der Waals surface area contributed by atoms with Crippen molar-refractivity contribution in [2.45, 2.75) is 71.4 Å². The molecule has 0 aromatic carbocycles. The summed E-state index contributed by atoms with van der Waals surface area (Å²) in [5.74, 6) is -0.377. The summed E-state index contributed by atoms with van der Waals surface area (Å²) in [4.78, 5) is 11.3. The fraction of sp³-hybridized carbons (Fsp3) is 0.929. The number of carbonyl (C=O) groups excluding carboxylic acids is 1. The summed E-state index contributed by atoms with van der Waals surface area (Å²) < 4.78 is 36.5. The van der Waals surface area contributed by atoms with Gasteiger partial charge in [-0.05, 0) is 19.3 Å². The molecule has 3 atom stereocenters. The van der Waals surface area contributed by atoms with Crippen LogP contribution in [0, 0.1) is 5.92 Å². The molecular weight excluding hydrogens is 294 g/mol. The van der Waals surface area contributed by atoms with Gasteiger partial charge in [0.25, 0.3) is 0 Å². The first-order valence-corrected chi connectivity index (χ1v) is 8.97. The predicted molar refractivity (Wildman–Crippen MR) is 79.9 cm³/mol. The van der Waals surface area contributed by atoms with E-state index in [1.165, 1.54) is 6.92 Å². The Labute approximate surface area is 127 Å². The molecule has 21 heavy (non-hydrogen) atoms. The maximum absolute atomic E-state index is 11.9. The number of nitrogens with one attached hydrogen (secondary N) is 1. The third-order valence-electron chi connectivity index (χ3n) is 4.20. The van der Waals surface area contributed by atoms with Gasteiger partial charge in [0.1, 0.15) is 6.10 Å². The van der Waals surface area contributed by atoms with Crippen molar-refractivity contribution in [1.29, 1.82) is 0 Å².